The Morgan fingerprint density at radius 2 is 1.83 bits per heavy atom. The summed E-state index contributed by atoms with van der Waals surface area (Å²) in [6, 6.07) is 10.9. The summed E-state index contributed by atoms with van der Waals surface area (Å²) in [6.45, 7) is 2.80. The highest BCUT2D eigenvalue weighted by Crippen LogP contribution is 2.45. The maximum absolute atomic E-state index is 13.1. The number of halogens is 4. The molecule has 4 rings (SSSR count). The summed E-state index contributed by atoms with van der Waals surface area (Å²) in [7, 11) is 0. The standard InChI is InChI=1S/C22H19ClF3NO2/c1-13(28)27-10-8-14(9-11-27)21-20(17-4-2-3-5-19(17)29-21)16-7-6-15(12-18(16)23)22(24,25)26/h2-7,12,14H,8-11H2,1H3. The number of benzene rings is 2. The van der Waals surface area contributed by atoms with E-state index in [-0.39, 0.29) is 16.8 Å². The average Bonchev–Trinajstić information content (AvgIpc) is 3.06. The Hall–Kier alpha value is -2.47. The number of nitrogens with zero attached hydrogens (tertiary/aromatic N) is 1. The zero-order valence-corrected chi connectivity index (χ0v) is 16.5. The Bertz CT molecular complexity index is 1070. The number of carbonyl (C=O) groups is 1. The number of piperidine rings is 1. The molecule has 1 aliphatic heterocycles. The fourth-order valence-electron chi connectivity index (χ4n) is 3.98. The van der Waals surface area contributed by atoms with Gasteiger partial charge in [0.15, 0.2) is 0 Å². The van der Waals surface area contributed by atoms with E-state index in [1.165, 1.54) is 6.07 Å². The van der Waals surface area contributed by atoms with Gasteiger partial charge in [0.25, 0.3) is 0 Å². The van der Waals surface area contributed by atoms with E-state index in [0.717, 1.165) is 41.7 Å². The molecule has 2 heterocycles. The summed E-state index contributed by atoms with van der Waals surface area (Å²) in [4.78, 5) is 13.4. The van der Waals surface area contributed by atoms with Gasteiger partial charge in [-0.3, -0.25) is 4.79 Å². The average molecular weight is 422 g/mol. The number of rotatable bonds is 2. The van der Waals surface area contributed by atoms with Crippen LogP contribution >= 0.6 is 11.6 Å². The second-order valence-corrected chi connectivity index (χ2v) is 7.72. The van der Waals surface area contributed by atoms with Crippen molar-refractivity contribution >= 4 is 28.5 Å². The van der Waals surface area contributed by atoms with Crippen LogP contribution in [0.1, 0.15) is 37.0 Å². The first-order valence-corrected chi connectivity index (χ1v) is 9.77. The van der Waals surface area contributed by atoms with Gasteiger partial charge < -0.3 is 9.32 Å². The van der Waals surface area contributed by atoms with E-state index in [4.69, 9.17) is 16.0 Å². The number of amides is 1. The van der Waals surface area contributed by atoms with Crippen LogP contribution in [0.2, 0.25) is 5.02 Å². The van der Waals surface area contributed by atoms with E-state index in [1.807, 2.05) is 24.3 Å². The molecule has 3 nitrogen and oxygen atoms in total. The Labute approximate surface area is 171 Å². The van der Waals surface area contributed by atoms with Crippen molar-refractivity contribution in [3.63, 3.8) is 0 Å². The van der Waals surface area contributed by atoms with E-state index in [2.05, 4.69) is 0 Å². The molecule has 1 aromatic heterocycles. The molecule has 0 N–H and O–H groups in total. The normalized spacial score (nSPS) is 15.8. The molecule has 1 saturated heterocycles. The minimum Gasteiger partial charge on any atom is -0.460 e. The highest BCUT2D eigenvalue weighted by Gasteiger charge is 2.33. The number of furan rings is 1. The summed E-state index contributed by atoms with van der Waals surface area (Å²) in [5, 5.41) is 0.854. The Morgan fingerprint density at radius 3 is 2.45 bits per heavy atom. The van der Waals surface area contributed by atoms with E-state index >= 15 is 0 Å². The van der Waals surface area contributed by atoms with E-state index in [9.17, 15) is 18.0 Å². The number of para-hydroxylation sites is 1. The molecule has 0 bridgehead atoms. The second kappa shape index (κ2) is 7.41. The first kappa shape index (κ1) is 19.8. The number of likely N-dealkylation sites (tertiary alicyclic amines) is 1. The van der Waals surface area contributed by atoms with Gasteiger partial charge in [-0.1, -0.05) is 35.9 Å². The van der Waals surface area contributed by atoms with Gasteiger partial charge in [-0.25, -0.2) is 0 Å². The predicted octanol–water partition coefficient (Wildman–Crippen LogP) is 6.50. The van der Waals surface area contributed by atoms with Crippen LogP contribution in [0.5, 0.6) is 0 Å². The van der Waals surface area contributed by atoms with Crippen LogP contribution in [-0.2, 0) is 11.0 Å². The lowest BCUT2D eigenvalue weighted by atomic mass is 9.88. The molecule has 0 atom stereocenters. The summed E-state index contributed by atoms with van der Waals surface area (Å²) in [5.74, 6) is 0.821. The summed E-state index contributed by atoms with van der Waals surface area (Å²) >= 11 is 6.31. The minimum absolute atomic E-state index is 0.0359. The second-order valence-electron chi connectivity index (χ2n) is 7.31. The van der Waals surface area contributed by atoms with Crippen molar-refractivity contribution in [2.24, 2.45) is 0 Å². The molecule has 0 spiro atoms. The van der Waals surface area contributed by atoms with Crippen molar-refractivity contribution in [3.05, 3.63) is 58.8 Å². The van der Waals surface area contributed by atoms with Crippen LogP contribution < -0.4 is 0 Å². The van der Waals surface area contributed by atoms with Gasteiger partial charge in [0.1, 0.15) is 11.3 Å². The molecular weight excluding hydrogens is 403 g/mol. The predicted molar refractivity (Wildman–Crippen MR) is 106 cm³/mol. The highest BCUT2D eigenvalue weighted by atomic mass is 35.5. The molecule has 29 heavy (non-hydrogen) atoms. The fourth-order valence-corrected chi connectivity index (χ4v) is 4.26. The van der Waals surface area contributed by atoms with Gasteiger partial charge >= 0.3 is 6.18 Å². The van der Waals surface area contributed by atoms with Gasteiger partial charge in [-0.05, 0) is 31.0 Å². The SMILES string of the molecule is CC(=O)N1CCC(c2oc3ccccc3c2-c2ccc(C(F)(F)F)cc2Cl)CC1. The van der Waals surface area contributed by atoms with Crippen molar-refractivity contribution in [2.75, 3.05) is 13.1 Å². The molecule has 1 fully saturated rings. The van der Waals surface area contributed by atoms with Crippen molar-refractivity contribution in [1.82, 2.24) is 4.90 Å². The van der Waals surface area contributed by atoms with Crippen LogP contribution in [0, 0.1) is 0 Å². The summed E-state index contributed by atoms with van der Waals surface area (Å²) in [5.41, 5.74) is 1.15. The van der Waals surface area contributed by atoms with Crippen LogP contribution in [-0.4, -0.2) is 23.9 Å². The van der Waals surface area contributed by atoms with Gasteiger partial charge in [0.2, 0.25) is 5.91 Å². The van der Waals surface area contributed by atoms with E-state index < -0.39 is 11.7 Å². The van der Waals surface area contributed by atoms with Crippen molar-refractivity contribution < 1.29 is 22.4 Å². The first-order chi connectivity index (χ1) is 13.8. The topological polar surface area (TPSA) is 33.5 Å². The molecule has 2 aromatic carbocycles. The van der Waals surface area contributed by atoms with E-state index in [1.54, 1.807) is 11.8 Å². The molecule has 1 aliphatic rings. The molecule has 1 amide bonds. The molecule has 7 heteroatoms. The third kappa shape index (κ3) is 3.73. The minimum atomic E-state index is -4.46. The van der Waals surface area contributed by atoms with E-state index in [0.29, 0.717) is 24.2 Å². The fraction of sp³-hybridized carbons (Fsp3) is 0.318. The molecule has 0 unspecified atom stereocenters. The van der Waals surface area contributed by atoms with Crippen molar-refractivity contribution in [2.45, 2.75) is 31.9 Å². The number of fused-ring (bicyclic) bond motifs is 1. The number of hydrogen-bond donors (Lipinski definition) is 0. The largest absolute Gasteiger partial charge is 0.460 e. The molecule has 0 radical (unpaired) electrons. The smallest absolute Gasteiger partial charge is 0.416 e. The molecule has 3 aromatic rings. The Morgan fingerprint density at radius 1 is 1.14 bits per heavy atom. The van der Waals surface area contributed by atoms with Crippen LogP contribution in [0.3, 0.4) is 0 Å². The molecule has 0 saturated carbocycles. The Balaban J connectivity index is 1.80. The summed E-state index contributed by atoms with van der Waals surface area (Å²) < 4.78 is 45.3. The maximum atomic E-state index is 13.1. The van der Waals surface area contributed by atoms with Gasteiger partial charge in [0.05, 0.1) is 5.56 Å². The Kier molecular flexibility index (Phi) is 5.07. The third-order valence-electron chi connectivity index (χ3n) is 5.50. The lowest BCUT2D eigenvalue weighted by Gasteiger charge is -2.30. The van der Waals surface area contributed by atoms with Gasteiger partial charge in [-0.15, -0.1) is 0 Å². The van der Waals surface area contributed by atoms with Crippen LogP contribution in [0.25, 0.3) is 22.1 Å². The molecule has 0 aliphatic carbocycles. The third-order valence-corrected chi connectivity index (χ3v) is 5.81. The zero-order chi connectivity index (χ0) is 20.8. The highest BCUT2D eigenvalue weighted by molar-refractivity contribution is 6.34. The lowest BCUT2D eigenvalue weighted by molar-refractivity contribution is -0.137. The number of carbonyl (C=O) groups excluding carboxylic acids is 1. The van der Waals surface area contributed by atoms with Gasteiger partial charge in [0, 0.05) is 47.5 Å². The number of alkyl halides is 3. The first-order valence-electron chi connectivity index (χ1n) is 9.39. The maximum Gasteiger partial charge on any atom is 0.416 e. The quantitative estimate of drug-likeness (QED) is 0.473. The number of hydrogen-bond acceptors (Lipinski definition) is 2. The van der Waals surface area contributed by atoms with Crippen molar-refractivity contribution in [1.29, 1.82) is 0 Å². The molecular formula is C22H19ClF3NO2. The summed E-state index contributed by atoms with van der Waals surface area (Å²) in [6.07, 6.45) is -3.00. The van der Waals surface area contributed by atoms with Gasteiger partial charge in [-0.2, -0.15) is 13.2 Å². The monoisotopic (exact) mass is 421 g/mol. The molecule has 152 valence electrons. The van der Waals surface area contributed by atoms with Crippen LogP contribution in [0.4, 0.5) is 13.2 Å². The van der Waals surface area contributed by atoms with Crippen LogP contribution in [0.15, 0.2) is 46.9 Å². The lowest BCUT2D eigenvalue weighted by Crippen LogP contribution is -2.36. The zero-order valence-electron chi connectivity index (χ0n) is 15.7. The van der Waals surface area contributed by atoms with Crippen molar-refractivity contribution in [3.8, 4) is 11.1 Å².